The fourth-order valence-electron chi connectivity index (χ4n) is 1.74. The van der Waals surface area contributed by atoms with E-state index in [0.29, 0.717) is 25.9 Å². The molecule has 0 aromatic rings. The third-order valence-electron chi connectivity index (χ3n) is 3.23. The molecule has 1 rings (SSSR count). The molecule has 0 saturated carbocycles. The average molecular weight is 265 g/mol. The molecule has 0 bridgehead atoms. The van der Waals surface area contributed by atoms with Crippen LogP contribution >= 0.6 is 0 Å². The Morgan fingerprint density at radius 1 is 1.35 bits per heavy atom. The van der Waals surface area contributed by atoms with Crippen LogP contribution in [0.3, 0.4) is 0 Å². The minimum atomic E-state index is -3.81. The molecular formula is C10H19NO5S. The Kier molecular flexibility index (Phi) is 4.16. The number of nitrogens with zero attached hydrogens (tertiary/aromatic N) is 1. The van der Waals surface area contributed by atoms with Crippen LogP contribution in [0, 0.1) is 0 Å². The second-order valence-electron chi connectivity index (χ2n) is 4.65. The van der Waals surface area contributed by atoms with Gasteiger partial charge in [-0.2, -0.15) is 0 Å². The van der Waals surface area contributed by atoms with E-state index in [1.165, 1.54) is 18.2 Å². The van der Waals surface area contributed by atoms with E-state index in [0.717, 1.165) is 0 Å². The molecule has 1 aliphatic heterocycles. The van der Waals surface area contributed by atoms with E-state index in [1.54, 1.807) is 7.11 Å². The molecular weight excluding hydrogens is 246 g/mol. The number of carboxylic acids is 1. The monoisotopic (exact) mass is 265 g/mol. The summed E-state index contributed by atoms with van der Waals surface area (Å²) in [5.41, 5.74) is 0. The predicted molar refractivity (Wildman–Crippen MR) is 62.2 cm³/mol. The maximum absolute atomic E-state index is 12.1. The largest absolute Gasteiger partial charge is 0.480 e. The number of aliphatic carboxylic acids is 1. The van der Waals surface area contributed by atoms with Gasteiger partial charge in [0.15, 0.2) is 4.75 Å². The van der Waals surface area contributed by atoms with Crippen molar-refractivity contribution in [3.05, 3.63) is 0 Å². The van der Waals surface area contributed by atoms with Crippen molar-refractivity contribution in [3.8, 4) is 0 Å². The highest BCUT2D eigenvalue weighted by atomic mass is 32.2. The first-order valence-electron chi connectivity index (χ1n) is 5.49. The van der Waals surface area contributed by atoms with Gasteiger partial charge in [0.25, 0.3) is 0 Å². The molecule has 1 heterocycles. The van der Waals surface area contributed by atoms with E-state index in [-0.39, 0.29) is 6.10 Å². The van der Waals surface area contributed by atoms with Crippen LogP contribution in [0.5, 0.6) is 0 Å². The fraction of sp³-hybridized carbons (Fsp3) is 0.900. The molecule has 0 radical (unpaired) electrons. The molecule has 7 heteroatoms. The summed E-state index contributed by atoms with van der Waals surface area (Å²) in [7, 11) is -2.22. The van der Waals surface area contributed by atoms with Crippen molar-refractivity contribution in [1.82, 2.24) is 4.31 Å². The Morgan fingerprint density at radius 3 is 2.18 bits per heavy atom. The van der Waals surface area contributed by atoms with E-state index in [1.807, 2.05) is 0 Å². The molecule has 0 aliphatic carbocycles. The number of hydrogen-bond donors (Lipinski definition) is 1. The van der Waals surface area contributed by atoms with Crippen molar-refractivity contribution in [2.75, 3.05) is 20.2 Å². The first-order chi connectivity index (χ1) is 7.73. The topological polar surface area (TPSA) is 83.9 Å². The fourth-order valence-corrected chi connectivity index (χ4v) is 3.30. The predicted octanol–water partition coefficient (Wildman–Crippen LogP) is 0.290. The zero-order valence-electron chi connectivity index (χ0n) is 10.3. The molecule has 100 valence electrons. The molecule has 0 aromatic carbocycles. The van der Waals surface area contributed by atoms with E-state index < -0.39 is 20.7 Å². The standard InChI is InChI=1S/C10H19NO5S/c1-10(2,9(12)13)17(14,15)11-6-4-8(16-3)5-7-11/h8H,4-7H2,1-3H3,(H,12,13). The number of rotatable bonds is 4. The number of sulfonamides is 1. The first-order valence-corrected chi connectivity index (χ1v) is 6.93. The number of methoxy groups -OCH3 is 1. The van der Waals surface area contributed by atoms with Crippen molar-refractivity contribution < 1.29 is 23.1 Å². The summed E-state index contributed by atoms with van der Waals surface area (Å²) in [4.78, 5) is 11.0. The Balaban J connectivity index is 2.84. The lowest BCUT2D eigenvalue weighted by atomic mass is 10.1. The molecule has 17 heavy (non-hydrogen) atoms. The van der Waals surface area contributed by atoms with Gasteiger partial charge in [0.05, 0.1) is 6.10 Å². The molecule has 0 amide bonds. The summed E-state index contributed by atoms with van der Waals surface area (Å²) < 4.78 is 28.9. The lowest BCUT2D eigenvalue weighted by molar-refractivity contribution is -0.139. The van der Waals surface area contributed by atoms with Crippen LogP contribution in [0.2, 0.25) is 0 Å². The third kappa shape index (κ3) is 2.61. The minimum absolute atomic E-state index is 0.0643. The maximum atomic E-state index is 12.1. The molecule has 1 saturated heterocycles. The summed E-state index contributed by atoms with van der Waals surface area (Å²) in [5, 5.41) is 8.98. The normalized spacial score (nSPS) is 20.4. The zero-order chi connectivity index (χ0) is 13.3. The zero-order valence-corrected chi connectivity index (χ0v) is 11.2. The van der Waals surface area contributed by atoms with Gasteiger partial charge in [-0.05, 0) is 26.7 Å². The Morgan fingerprint density at radius 2 is 1.82 bits per heavy atom. The molecule has 0 spiro atoms. The van der Waals surface area contributed by atoms with Gasteiger partial charge >= 0.3 is 5.97 Å². The second-order valence-corrected chi connectivity index (χ2v) is 7.14. The van der Waals surface area contributed by atoms with Crippen molar-refractivity contribution >= 4 is 16.0 Å². The highest BCUT2D eigenvalue weighted by Gasteiger charge is 2.46. The molecule has 0 aromatic heterocycles. The summed E-state index contributed by atoms with van der Waals surface area (Å²) >= 11 is 0. The number of carbonyl (C=O) groups is 1. The van der Waals surface area contributed by atoms with Crippen molar-refractivity contribution in [3.63, 3.8) is 0 Å². The van der Waals surface area contributed by atoms with Crippen LogP contribution in [-0.4, -0.2) is 54.8 Å². The summed E-state index contributed by atoms with van der Waals surface area (Å²) in [6, 6.07) is 0. The Bertz CT molecular complexity index is 382. The SMILES string of the molecule is COC1CCN(S(=O)(=O)C(C)(C)C(=O)O)CC1. The lowest BCUT2D eigenvalue weighted by Crippen LogP contribution is -2.52. The smallest absolute Gasteiger partial charge is 0.325 e. The minimum Gasteiger partial charge on any atom is -0.480 e. The van der Waals surface area contributed by atoms with Gasteiger partial charge in [-0.1, -0.05) is 0 Å². The van der Waals surface area contributed by atoms with Gasteiger partial charge in [0.1, 0.15) is 0 Å². The van der Waals surface area contributed by atoms with Crippen molar-refractivity contribution in [2.45, 2.75) is 37.5 Å². The highest BCUT2D eigenvalue weighted by Crippen LogP contribution is 2.25. The number of hydrogen-bond acceptors (Lipinski definition) is 4. The van der Waals surface area contributed by atoms with Crippen molar-refractivity contribution in [1.29, 1.82) is 0 Å². The molecule has 0 unspecified atom stereocenters. The van der Waals surface area contributed by atoms with Gasteiger partial charge in [0, 0.05) is 20.2 Å². The average Bonchev–Trinajstić information content (AvgIpc) is 2.28. The molecule has 0 atom stereocenters. The molecule has 1 fully saturated rings. The molecule has 6 nitrogen and oxygen atoms in total. The van der Waals surface area contributed by atoms with E-state index in [9.17, 15) is 13.2 Å². The van der Waals surface area contributed by atoms with Gasteiger partial charge < -0.3 is 9.84 Å². The highest BCUT2D eigenvalue weighted by molar-refractivity contribution is 7.91. The molecule has 1 aliphatic rings. The summed E-state index contributed by atoms with van der Waals surface area (Å²) in [5.74, 6) is -1.33. The quantitative estimate of drug-likeness (QED) is 0.790. The molecule has 1 N–H and O–H groups in total. The number of piperidine rings is 1. The van der Waals surface area contributed by atoms with Gasteiger partial charge in [-0.25, -0.2) is 12.7 Å². The van der Waals surface area contributed by atoms with Gasteiger partial charge in [-0.15, -0.1) is 0 Å². The van der Waals surface area contributed by atoms with E-state index in [4.69, 9.17) is 9.84 Å². The summed E-state index contributed by atoms with van der Waals surface area (Å²) in [6.07, 6.45) is 1.27. The Hall–Kier alpha value is -0.660. The lowest BCUT2D eigenvalue weighted by Gasteiger charge is -2.34. The van der Waals surface area contributed by atoms with E-state index in [2.05, 4.69) is 0 Å². The van der Waals surface area contributed by atoms with Gasteiger partial charge in [-0.3, -0.25) is 4.79 Å². The first kappa shape index (κ1) is 14.4. The maximum Gasteiger partial charge on any atom is 0.325 e. The van der Waals surface area contributed by atoms with Crippen LogP contribution in [0.1, 0.15) is 26.7 Å². The van der Waals surface area contributed by atoms with E-state index >= 15 is 0 Å². The summed E-state index contributed by atoms with van der Waals surface area (Å²) in [6.45, 7) is 3.06. The van der Waals surface area contributed by atoms with Gasteiger partial charge in [0.2, 0.25) is 10.0 Å². The van der Waals surface area contributed by atoms with Crippen LogP contribution in [-0.2, 0) is 19.6 Å². The van der Waals surface area contributed by atoms with Crippen LogP contribution in [0.4, 0.5) is 0 Å². The van der Waals surface area contributed by atoms with Crippen LogP contribution in [0.25, 0.3) is 0 Å². The number of carboxylic acid groups (broad SMARTS) is 1. The second kappa shape index (κ2) is 4.91. The number of ether oxygens (including phenoxy) is 1. The van der Waals surface area contributed by atoms with Crippen molar-refractivity contribution in [2.24, 2.45) is 0 Å². The van der Waals surface area contributed by atoms with Crippen LogP contribution in [0.15, 0.2) is 0 Å². The van der Waals surface area contributed by atoms with Crippen LogP contribution < -0.4 is 0 Å². The third-order valence-corrected chi connectivity index (χ3v) is 5.74. The Labute approximate surface area is 102 Å².